The SMILES string of the molecule is CC(=Cc1csc(C)n1)[C@H]1C[C@@H]2O[C@H]2CCC[C@@H](C)[C@@H](O)[C@H](C)C(=O)C(C)(C)[C@H](O)C(C)C(=O)O1. The monoisotopic (exact) mass is 507 g/mol. The summed E-state index contributed by atoms with van der Waals surface area (Å²) in [6.45, 7) is 12.4. The smallest absolute Gasteiger partial charge is 0.311 e. The number of ether oxygens (including phenoxy) is 2. The Balaban J connectivity index is 1.87. The summed E-state index contributed by atoms with van der Waals surface area (Å²) >= 11 is 1.56. The minimum atomic E-state index is -1.25. The number of Topliss-reactive ketones (excluding diaryl/α,β-unsaturated/α-hetero) is 1. The Labute approximate surface area is 212 Å². The molecule has 0 amide bonds. The highest BCUT2D eigenvalue weighted by Gasteiger charge is 2.46. The third-order valence-electron chi connectivity index (χ3n) is 7.79. The van der Waals surface area contributed by atoms with Gasteiger partial charge in [-0.15, -0.1) is 11.3 Å². The van der Waals surface area contributed by atoms with Crippen LogP contribution in [0, 0.1) is 30.1 Å². The van der Waals surface area contributed by atoms with E-state index in [1.54, 1.807) is 39.0 Å². The molecule has 2 aliphatic rings. The summed E-state index contributed by atoms with van der Waals surface area (Å²) < 4.78 is 11.8. The molecule has 0 aliphatic carbocycles. The van der Waals surface area contributed by atoms with Crippen LogP contribution in [0.3, 0.4) is 0 Å². The van der Waals surface area contributed by atoms with Crippen LogP contribution in [0.5, 0.6) is 0 Å². The molecule has 2 saturated heterocycles. The molecule has 0 radical (unpaired) electrons. The van der Waals surface area contributed by atoms with Crippen LogP contribution in [0.15, 0.2) is 11.0 Å². The second-order valence-corrected chi connectivity index (χ2v) is 12.1. The highest BCUT2D eigenvalue weighted by atomic mass is 32.1. The zero-order valence-electron chi connectivity index (χ0n) is 22.0. The van der Waals surface area contributed by atoms with E-state index >= 15 is 0 Å². The highest BCUT2D eigenvalue weighted by molar-refractivity contribution is 7.09. The van der Waals surface area contributed by atoms with Gasteiger partial charge in [-0.2, -0.15) is 0 Å². The van der Waals surface area contributed by atoms with E-state index in [1.165, 1.54) is 0 Å². The van der Waals surface area contributed by atoms with Gasteiger partial charge in [0.05, 0.1) is 46.5 Å². The highest BCUT2D eigenvalue weighted by Crippen LogP contribution is 2.37. The summed E-state index contributed by atoms with van der Waals surface area (Å²) in [5.74, 6) is -2.45. The number of aliphatic hydroxyl groups excluding tert-OH is 2. The zero-order chi connectivity index (χ0) is 26.1. The van der Waals surface area contributed by atoms with Crippen molar-refractivity contribution in [2.45, 2.75) is 105 Å². The molecule has 7 nitrogen and oxygen atoms in total. The van der Waals surface area contributed by atoms with Crippen LogP contribution in [-0.2, 0) is 19.1 Å². The standard InChI is InChI=1S/C27H41NO6S/c1-14-9-8-10-20-22(33-20)12-21(15(2)11-19-13-35-18(5)28-19)34-26(32)17(4)25(31)27(6,7)24(30)16(3)23(14)29/h11,13-14,16-17,20-23,25,29,31H,8-10,12H2,1-7H3/t14-,16+,17?,20+,21-,22+,23-,25-/m1/s1. The molecule has 196 valence electrons. The molecular weight excluding hydrogens is 466 g/mol. The molecule has 35 heavy (non-hydrogen) atoms. The van der Waals surface area contributed by atoms with Crippen molar-refractivity contribution >= 4 is 29.2 Å². The Morgan fingerprint density at radius 3 is 2.46 bits per heavy atom. The molecule has 3 heterocycles. The predicted octanol–water partition coefficient (Wildman–Crippen LogP) is 4.33. The van der Waals surface area contributed by atoms with E-state index in [4.69, 9.17) is 9.47 Å². The van der Waals surface area contributed by atoms with Crippen LogP contribution in [-0.4, -0.2) is 57.5 Å². The van der Waals surface area contributed by atoms with Crippen LogP contribution >= 0.6 is 11.3 Å². The number of thiazole rings is 1. The van der Waals surface area contributed by atoms with Gasteiger partial charge >= 0.3 is 5.97 Å². The van der Waals surface area contributed by atoms with Crippen LogP contribution in [0.2, 0.25) is 0 Å². The fourth-order valence-electron chi connectivity index (χ4n) is 5.14. The first-order chi connectivity index (χ1) is 16.3. The minimum Gasteiger partial charge on any atom is -0.457 e. The molecule has 2 aliphatic heterocycles. The van der Waals surface area contributed by atoms with Crippen LogP contribution in [0.4, 0.5) is 0 Å². The van der Waals surface area contributed by atoms with E-state index in [9.17, 15) is 19.8 Å². The summed E-state index contributed by atoms with van der Waals surface area (Å²) in [6, 6.07) is 0. The van der Waals surface area contributed by atoms with Crippen LogP contribution < -0.4 is 0 Å². The molecule has 1 unspecified atom stereocenters. The molecule has 2 N–H and O–H groups in total. The Morgan fingerprint density at radius 1 is 1.14 bits per heavy atom. The van der Waals surface area contributed by atoms with Gasteiger partial charge in [-0.1, -0.05) is 34.1 Å². The van der Waals surface area contributed by atoms with Gasteiger partial charge in [0.1, 0.15) is 11.9 Å². The molecule has 2 fully saturated rings. The Bertz CT molecular complexity index is 940. The van der Waals surface area contributed by atoms with E-state index in [1.807, 2.05) is 32.2 Å². The van der Waals surface area contributed by atoms with Crippen molar-refractivity contribution in [3.63, 3.8) is 0 Å². The largest absolute Gasteiger partial charge is 0.457 e. The topological polar surface area (TPSA) is 109 Å². The normalized spacial score (nSPS) is 37.5. The number of esters is 1. The lowest BCUT2D eigenvalue weighted by molar-refractivity contribution is -0.162. The molecule has 0 saturated carbocycles. The maximum absolute atomic E-state index is 13.3. The number of aromatic nitrogens is 1. The minimum absolute atomic E-state index is 0.00127. The first-order valence-electron chi connectivity index (χ1n) is 12.7. The van der Waals surface area contributed by atoms with Crippen molar-refractivity contribution in [2.75, 3.05) is 0 Å². The van der Waals surface area contributed by atoms with Gasteiger partial charge in [-0.05, 0) is 51.2 Å². The van der Waals surface area contributed by atoms with Crippen LogP contribution in [0.25, 0.3) is 6.08 Å². The van der Waals surface area contributed by atoms with Gasteiger partial charge in [-0.3, -0.25) is 9.59 Å². The first kappa shape index (κ1) is 28.0. The van der Waals surface area contributed by atoms with E-state index < -0.39 is 41.5 Å². The fraction of sp³-hybridized carbons (Fsp3) is 0.741. The number of carbonyl (C=O) groups excluding carboxylic acids is 2. The fourth-order valence-corrected chi connectivity index (χ4v) is 5.71. The van der Waals surface area contributed by atoms with Crippen molar-refractivity contribution in [1.82, 2.24) is 4.98 Å². The van der Waals surface area contributed by atoms with Gasteiger partial charge in [0.2, 0.25) is 0 Å². The number of aliphatic hydroxyl groups is 2. The number of aryl methyl sites for hydroxylation is 1. The molecular formula is C27H41NO6S. The summed E-state index contributed by atoms with van der Waals surface area (Å²) in [4.78, 5) is 31.0. The molecule has 0 aromatic carbocycles. The zero-order valence-corrected chi connectivity index (χ0v) is 22.8. The number of carbonyl (C=O) groups is 2. The number of ketones is 1. The van der Waals surface area contributed by atoms with Crippen molar-refractivity contribution in [3.05, 3.63) is 21.7 Å². The van der Waals surface area contributed by atoms with Crippen molar-refractivity contribution in [1.29, 1.82) is 0 Å². The number of hydrogen-bond donors (Lipinski definition) is 2. The second kappa shape index (κ2) is 11.2. The van der Waals surface area contributed by atoms with E-state index in [0.29, 0.717) is 6.42 Å². The number of hydrogen-bond acceptors (Lipinski definition) is 8. The Kier molecular flexibility index (Phi) is 8.95. The number of rotatable bonds is 2. The molecule has 1 aromatic rings. The van der Waals surface area contributed by atoms with Gasteiger partial charge in [0.15, 0.2) is 0 Å². The molecule has 0 spiro atoms. The van der Waals surface area contributed by atoms with Gasteiger partial charge in [0, 0.05) is 17.7 Å². The lowest BCUT2D eigenvalue weighted by Gasteiger charge is -2.36. The third kappa shape index (κ3) is 6.59. The van der Waals surface area contributed by atoms with Gasteiger partial charge in [0.25, 0.3) is 0 Å². The summed E-state index contributed by atoms with van der Waals surface area (Å²) in [7, 11) is 0. The van der Waals surface area contributed by atoms with E-state index in [2.05, 4.69) is 4.98 Å². The van der Waals surface area contributed by atoms with E-state index in [-0.39, 0.29) is 23.9 Å². The molecule has 8 atom stereocenters. The maximum Gasteiger partial charge on any atom is 0.311 e. The maximum atomic E-state index is 13.3. The van der Waals surface area contributed by atoms with Crippen molar-refractivity contribution in [2.24, 2.45) is 23.2 Å². The van der Waals surface area contributed by atoms with Gasteiger partial charge in [-0.25, -0.2) is 4.98 Å². The molecule has 1 aromatic heterocycles. The first-order valence-corrected chi connectivity index (χ1v) is 13.6. The summed E-state index contributed by atoms with van der Waals surface area (Å²) in [5, 5.41) is 24.8. The number of nitrogens with zero attached hydrogens (tertiary/aromatic N) is 1. The van der Waals surface area contributed by atoms with E-state index in [0.717, 1.165) is 35.5 Å². The number of cyclic esters (lactones) is 1. The molecule has 0 bridgehead atoms. The predicted molar refractivity (Wildman–Crippen MR) is 136 cm³/mol. The average Bonchev–Trinajstić information content (AvgIpc) is 3.42. The quantitative estimate of drug-likeness (QED) is 0.453. The van der Waals surface area contributed by atoms with Crippen molar-refractivity contribution < 1.29 is 29.3 Å². The lowest BCUT2D eigenvalue weighted by Crippen LogP contribution is -2.49. The Hall–Kier alpha value is -1.61. The van der Waals surface area contributed by atoms with Crippen LogP contribution in [0.1, 0.15) is 77.9 Å². The summed E-state index contributed by atoms with van der Waals surface area (Å²) in [5.41, 5.74) is 0.461. The molecule has 8 heteroatoms. The number of epoxide rings is 1. The summed E-state index contributed by atoms with van der Waals surface area (Å²) in [6.07, 6.45) is 2.50. The third-order valence-corrected chi connectivity index (χ3v) is 8.58. The second-order valence-electron chi connectivity index (χ2n) is 11.1. The Morgan fingerprint density at radius 2 is 1.83 bits per heavy atom. The average molecular weight is 508 g/mol. The van der Waals surface area contributed by atoms with Gasteiger partial charge < -0.3 is 19.7 Å². The van der Waals surface area contributed by atoms with Crippen molar-refractivity contribution in [3.8, 4) is 0 Å². The molecule has 3 rings (SSSR count). The lowest BCUT2D eigenvalue weighted by atomic mass is 9.71. The number of fused-ring (bicyclic) bond motifs is 1.